The normalized spacial score (nSPS) is 41.0. The first kappa shape index (κ1) is 20.5. The monoisotopic (exact) mass is 421 g/mol. The van der Waals surface area contributed by atoms with Gasteiger partial charge in [-0.25, -0.2) is 4.79 Å². The molecule has 1 aliphatic heterocycles. The summed E-state index contributed by atoms with van der Waals surface area (Å²) in [5.41, 5.74) is 0.847. The molecule has 0 radical (unpaired) electrons. The number of fused-ring (bicyclic) bond motifs is 5. The van der Waals surface area contributed by atoms with Crippen molar-refractivity contribution < 1.29 is 19.5 Å². The van der Waals surface area contributed by atoms with E-state index >= 15 is 0 Å². The van der Waals surface area contributed by atoms with Crippen molar-refractivity contribution in [2.75, 3.05) is 0 Å². The number of Topliss-reactive ketones (excluding diaryl/α,β-unsaturated/α-hetero) is 1. The van der Waals surface area contributed by atoms with Crippen molar-refractivity contribution in [3.05, 3.63) is 47.5 Å². The summed E-state index contributed by atoms with van der Waals surface area (Å²) in [6.45, 7) is 4.64. The minimum Gasteiger partial charge on any atom is -0.478 e. The third-order valence-electron chi connectivity index (χ3n) is 9.42. The fourth-order valence-electron chi connectivity index (χ4n) is 7.74. The first-order chi connectivity index (χ1) is 14.7. The highest BCUT2D eigenvalue weighted by Crippen LogP contribution is 2.65. The van der Waals surface area contributed by atoms with Gasteiger partial charge >= 0.3 is 5.97 Å². The first-order valence-corrected chi connectivity index (χ1v) is 11.6. The van der Waals surface area contributed by atoms with Crippen LogP contribution in [0.4, 0.5) is 0 Å². The van der Waals surface area contributed by atoms with Gasteiger partial charge in [-0.1, -0.05) is 32.1 Å². The van der Waals surface area contributed by atoms with E-state index in [1.54, 1.807) is 18.2 Å². The molecule has 0 bridgehead atoms. The number of hydrogen-bond donors (Lipinski definition) is 2. The molecule has 2 unspecified atom stereocenters. The van der Waals surface area contributed by atoms with Crippen molar-refractivity contribution in [3.8, 4) is 0 Å². The second kappa shape index (κ2) is 7.04. The molecule has 3 saturated carbocycles. The lowest BCUT2D eigenvalue weighted by Crippen LogP contribution is -2.59. The van der Waals surface area contributed by atoms with Gasteiger partial charge in [0.15, 0.2) is 5.78 Å². The van der Waals surface area contributed by atoms with Gasteiger partial charge in [0.05, 0.1) is 5.56 Å². The summed E-state index contributed by atoms with van der Waals surface area (Å²) in [7, 11) is 0. The van der Waals surface area contributed by atoms with Crippen molar-refractivity contribution in [2.24, 2.45) is 34.5 Å². The quantitative estimate of drug-likeness (QED) is 0.705. The third-order valence-corrected chi connectivity index (χ3v) is 9.42. The largest absolute Gasteiger partial charge is 0.478 e. The van der Waals surface area contributed by atoms with Gasteiger partial charge in [0.1, 0.15) is 0 Å². The number of benzene rings is 1. The molecule has 5 heteroatoms. The molecule has 1 amide bonds. The maximum atomic E-state index is 13.5. The fourth-order valence-corrected chi connectivity index (χ4v) is 7.74. The van der Waals surface area contributed by atoms with Gasteiger partial charge in [0.25, 0.3) is 0 Å². The highest BCUT2D eigenvalue weighted by molar-refractivity contribution is 5.99. The molecule has 5 rings (SSSR count). The average molecular weight is 422 g/mol. The van der Waals surface area contributed by atoms with Crippen LogP contribution in [0.3, 0.4) is 0 Å². The van der Waals surface area contributed by atoms with E-state index in [2.05, 4.69) is 25.2 Å². The molecule has 0 aromatic heterocycles. The number of carbonyl (C=O) groups excluding carboxylic acids is 2. The predicted octanol–water partition coefficient (Wildman–Crippen LogP) is 4.48. The van der Waals surface area contributed by atoms with Gasteiger partial charge in [-0.3, -0.25) is 9.59 Å². The van der Waals surface area contributed by atoms with Crippen LogP contribution in [0, 0.1) is 34.5 Å². The summed E-state index contributed by atoms with van der Waals surface area (Å²) < 4.78 is 0. The molecule has 5 nitrogen and oxygen atoms in total. The first-order valence-electron chi connectivity index (χ1n) is 11.6. The third kappa shape index (κ3) is 3.00. The van der Waals surface area contributed by atoms with Gasteiger partial charge in [-0.05, 0) is 79.9 Å². The van der Waals surface area contributed by atoms with E-state index < -0.39 is 5.97 Å². The van der Waals surface area contributed by atoms with Crippen molar-refractivity contribution in [3.63, 3.8) is 0 Å². The predicted molar refractivity (Wildman–Crippen MR) is 117 cm³/mol. The number of nitrogens with one attached hydrogen (secondary N) is 1. The SMILES string of the molecule is C[C@]12C=CC(=O)NC1CC[C@@H]1[C@H]2CC[C@]2(C)C(C(=O)c3ccc(C(=O)O)cc3)CC[C@@H]12. The van der Waals surface area contributed by atoms with E-state index in [4.69, 9.17) is 5.11 Å². The van der Waals surface area contributed by atoms with Gasteiger partial charge in [0.2, 0.25) is 5.91 Å². The Morgan fingerprint density at radius 1 is 0.968 bits per heavy atom. The Kier molecular flexibility index (Phi) is 4.65. The molecule has 7 atom stereocenters. The molecule has 1 heterocycles. The second-order valence-corrected chi connectivity index (χ2v) is 10.6. The number of carbonyl (C=O) groups is 3. The Bertz CT molecular complexity index is 966. The molecule has 4 aliphatic rings. The lowest BCUT2D eigenvalue weighted by molar-refractivity contribution is -0.122. The van der Waals surface area contributed by atoms with E-state index in [-0.39, 0.29) is 40.0 Å². The highest BCUT2D eigenvalue weighted by Gasteiger charge is 2.60. The Morgan fingerprint density at radius 3 is 2.39 bits per heavy atom. The van der Waals surface area contributed by atoms with Crippen molar-refractivity contribution in [1.82, 2.24) is 5.32 Å². The molecule has 0 saturated heterocycles. The topological polar surface area (TPSA) is 83.5 Å². The number of carboxylic acid groups (broad SMARTS) is 1. The Labute approximate surface area is 183 Å². The summed E-state index contributed by atoms with van der Waals surface area (Å²) in [6, 6.07) is 6.65. The summed E-state index contributed by atoms with van der Waals surface area (Å²) >= 11 is 0. The van der Waals surface area contributed by atoms with Crippen LogP contribution in [-0.2, 0) is 4.79 Å². The number of ketones is 1. The lowest BCUT2D eigenvalue weighted by Gasteiger charge is -2.58. The van der Waals surface area contributed by atoms with Gasteiger partial charge in [-0.2, -0.15) is 0 Å². The zero-order valence-electron chi connectivity index (χ0n) is 18.3. The summed E-state index contributed by atoms with van der Waals surface area (Å²) in [5.74, 6) is 0.898. The molecule has 31 heavy (non-hydrogen) atoms. The maximum Gasteiger partial charge on any atom is 0.335 e. The number of carboxylic acids is 1. The zero-order chi connectivity index (χ0) is 22.0. The molecular formula is C26H31NO4. The van der Waals surface area contributed by atoms with Crippen LogP contribution in [0.2, 0.25) is 0 Å². The summed E-state index contributed by atoms with van der Waals surface area (Å²) in [4.78, 5) is 36.5. The van der Waals surface area contributed by atoms with Gasteiger partial charge in [-0.15, -0.1) is 0 Å². The van der Waals surface area contributed by atoms with Crippen LogP contribution in [0.5, 0.6) is 0 Å². The van der Waals surface area contributed by atoms with Crippen molar-refractivity contribution >= 4 is 17.7 Å². The van der Waals surface area contributed by atoms with Crippen LogP contribution < -0.4 is 5.32 Å². The van der Waals surface area contributed by atoms with Crippen molar-refractivity contribution in [1.29, 1.82) is 0 Å². The molecular weight excluding hydrogens is 390 g/mol. The van der Waals surface area contributed by atoms with E-state index in [1.165, 1.54) is 12.1 Å². The van der Waals surface area contributed by atoms with Crippen molar-refractivity contribution in [2.45, 2.75) is 58.4 Å². The zero-order valence-corrected chi connectivity index (χ0v) is 18.3. The van der Waals surface area contributed by atoms with E-state index in [1.807, 2.05) is 0 Å². The van der Waals surface area contributed by atoms with E-state index in [0.717, 1.165) is 38.5 Å². The van der Waals surface area contributed by atoms with Crippen LogP contribution >= 0.6 is 0 Å². The van der Waals surface area contributed by atoms with E-state index in [9.17, 15) is 14.4 Å². The molecule has 3 aliphatic carbocycles. The minimum atomic E-state index is -0.970. The molecule has 164 valence electrons. The summed E-state index contributed by atoms with van der Waals surface area (Å²) in [5, 5.41) is 12.3. The maximum absolute atomic E-state index is 13.5. The Morgan fingerprint density at radius 2 is 1.68 bits per heavy atom. The Balaban J connectivity index is 1.40. The minimum absolute atomic E-state index is 0.00117. The van der Waals surface area contributed by atoms with Crippen LogP contribution in [-0.4, -0.2) is 28.8 Å². The van der Waals surface area contributed by atoms with Crippen LogP contribution in [0.15, 0.2) is 36.4 Å². The molecule has 2 N–H and O–H groups in total. The van der Waals surface area contributed by atoms with Crippen LogP contribution in [0.1, 0.15) is 73.1 Å². The number of hydrogen-bond acceptors (Lipinski definition) is 3. The van der Waals surface area contributed by atoms with Gasteiger partial charge < -0.3 is 10.4 Å². The number of aromatic carboxylic acids is 1. The summed E-state index contributed by atoms with van der Waals surface area (Å²) in [6.07, 6.45) is 10.1. The number of rotatable bonds is 3. The average Bonchev–Trinajstić information content (AvgIpc) is 3.11. The fraction of sp³-hybridized carbons (Fsp3) is 0.577. The molecule has 0 spiro atoms. The molecule has 3 fully saturated rings. The van der Waals surface area contributed by atoms with Gasteiger partial charge in [0, 0.05) is 22.9 Å². The highest BCUT2D eigenvalue weighted by atomic mass is 16.4. The standard InChI is InChI=1S/C26H31NO4/c1-25-13-11-19-17(7-10-21-26(19,2)14-12-22(28)27-21)18(25)8-9-20(25)23(29)15-3-5-16(6-4-15)24(30)31/h3-6,12,14,17-21H,7-11,13H2,1-2H3,(H,27,28)(H,30,31)/t17-,18-,19+,20?,21?,25-,26+/m0/s1. The smallest absolute Gasteiger partial charge is 0.335 e. The second-order valence-electron chi connectivity index (χ2n) is 10.6. The Hall–Kier alpha value is -2.43. The van der Waals surface area contributed by atoms with Crippen LogP contribution in [0.25, 0.3) is 0 Å². The molecule has 1 aromatic rings. The van der Waals surface area contributed by atoms with E-state index in [0.29, 0.717) is 23.3 Å². The number of amides is 1. The lowest BCUT2D eigenvalue weighted by atomic mass is 9.47. The molecule has 1 aromatic carbocycles.